The van der Waals surface area contributed by atoms with E-state index in [2.05, 4.69) is 10.5 Å². The lowest BCUT2D eigenvalue weighted by atomic mass is 9.87. The molecule has 2 unspecified atom stereocenters. The Balaban J connectivity index is 1.86. The van der Waals surface area contributed by atoms with Crippen LogP contribution in [0.4, 0.5) is 0 Å². The number of nitrogens with one attached hydrogen (secondary N) is 1. The van der Waals surface area contributed by atoms with Gasteiger partial charge in [-0.05, 0) is 35.4 Å². The highest BCUT2D eigenvalue weighted by Gasteiger charge is 2.37. The first-order chi connectivity index (χ1) is 11.5. The zero-order valence-electron chi connectivity index (χ0n) is 12.3. The summed E-state index contributed by atoms with van der Waals surface area (Å²) in [4.78, 5) is 12.0. The number of nitrogens with zero attached hydrogens (tertiary/aromatic N) is 1. The first-order valence-corrected chi connectivity index (χ1v) is 8.27. The number of primary amides is 1. The molecule has 1 amide bonds. The van der Waals surface area contributed by atoms with E-state index in [1.165, 1.54) is 0 Å². The summed E-state index contributed by atoms with van der Waals surface area (Å²) in [5, 5.41) is 5.89. The minimum atomic E-state index is -0.613. The second-order valence-corrected chi connectivity index (χ2v) is 6.67. The molecule has 3 N–H and O–H groups in total. The Labute approximate surface area is 154 Å². The highest BCUT2D eigenvalue weighted by molar-refractivity contribution is 6.35. The molecular formula is C17H13Cl3N3O. The molecule has 0 spiro atoms. The number of hydrazone groups is 1. The van der Waals surface area contributed by atoms with Gasteiger partial charge in [-0.25, -0.2) is 0 Å². The Bertz CT molecular complexity index is 805. The normalized spacial score (nSPS) is 19.7. The Hall–Kier alpha value is -1.75. The Morgan fingerprint density at radius 1 is 1.08 bits per heavy atom. The van der Waals surface area contributed by atoms with E-state index < -0.39 is 11.8 Å². The lowest BCUT2D eigenvalue weighted by molar-refractivity contribution is -0.120. The molecule has 0 aliphatic carbocycles. The summed E-state index contributed by atoms with van der Waals surface area (Å²) >= 11 is 18.0. The predicted molar refractivity (Wildman–Crippen MR) is 97.3 cm³/mol. The number of benzene rings is 2. The molecule has 1 aliphatic heterocycles. The van der Waals surface area contributed by atoms with E-state index in [9.17, 15) is 4.79 Å². The fourth-order valence-electron chi connectivity index (χ4n) is 2.61. The third kappa shape index (κ3) is 3.51. The molecule has 3 rings (SSSR count). The SMILES string of the molecule is NC(=O)C1C([CH]c2ccc(Cl)cc2Cl)=NNC1c1ccc(Cl)cc1. The lowest BCUT2D eigenvalue weighted by Crippen LogP contribution is -2.34. The number of amides is 1. The number of carbonyl (C=O) groups is 1. The second kappa shape index (κ2) is 7.01. The van der Waals surface area contributed by atoms with E-state index in [1.54, 1.807) is 36.8 Å². The van der Waals surface area contributed by atoms with Crippen molar-refractivity contribution in [2.24, 2.45) is 16.8 Å². The molecule has 1 heterocycles. The molecule has 0 aromatic heterocycles. The molecule has 2 aromatic rings. The van der Waals surface area contributed by atoms with Gasteiger partial charge in [-0.1, -0.05) is 53.0 Å². The van der Waals surface area contributed by atoms with Crippen molar-refractivity contribution in [2.75, 3.05) is 0 Å². The van der Waals surface area contributed by atoms with Crippen LogP contribution in [0.2, 0.25) is 15.1 Å². The van der Waals surface area contributed by atoms with Gasteiger partial charge in [0.1, 0.15) is 5.92 Å². The van der Waals surface area contributed by atoms with Crippen LogP contribution < -0.4 is 11.2 Å². The Kier molecular flexibility index (Phi) is 4.99. The molecule has 2 atom stereocenters. The molecule has 0 saturated heterocycles. The average molecular weight is 382 g/mol. The zero-order chi connectivity index (χ0) is 17.3. The van der Waals surface area contributed by atoms with E-state index in [-0.39, 0.29) is 6.04 Å². The van der Waals surface area contributed by atoms with Crippen LogP contribution in [0.25, 0.3) is 0 Å². The summed E-state index contributed by atoms with van der Waals surface area (Å²) in [6, 6.07) is 12.0. The topological polar surface area (TPSA) is 67.5 Å². The fourth-order valence-corrected chi connectivity index (χ4v) is 3.20. The molecule has 0 fully saturated rings. The quantitative estimate of drug-likeness (QED) is 0.840. The number of halogens is 3. The van der Waals surface area contributed by atoms with Crippen LogP contribution in [0.15, 0.2) is 47.6 Å². The van der Waals surface area contributed by atoms with Gasteiger partial charge in [-0.3, -0.25) is 4.79 Å². The van der Waals surface area contributed by atoms with Gasteiger partial charge in [0.2, 0.25) is 5.91 Å². The Morgan fingerprint density at radius 2 is 1.75 bits per heavy atom. The van der Waals surface area contributed by atoms with Crippen LogP contribution in [-0.2, 0) is 4.79 Å². The summed E-state index contributed by atoms with van der Waals surface area (Å²) in [5.74, 6) is -1.09. The maximum Gasteiger partial charge on any atom is 0.228 e. The van der Waals surface area contributed by atoms with Crippen molar-refractivity contribution in [3.8, 4) is 0 Å². The van der Waals surface area contributed by atoms with Gasteiger partial charge < -0.3 is 11.2 Å². The molecule has 1 aliphatic rings. The van der Waals surface area contributed by atoms with Gasteiger partial charge in [-0.15, -0.1) is 0 Å². The number of hydrogen-bond donors (Lipinski definition) is 2. The lowest BCUT2D eigenvalue weighted by Gasteiger charge is -2.18. The zero-order valence-corrected chi connectivity index (χ0v) is 14.6. The van der Waals surface area contributed by atoms with Crippen molar-refractivity contribution < 1.29 is 4.79 Å². The fraction of sp³-hybridized carbons (Fsp3) is 0.118. The van der Waals surface area contributed by atoms with Crippen molar-refractivity contribution in [3.63, 3.8) is 0 Å². The van der Waals surface area contributed by atoms with Gasteiger partial charge in [0.25, 0.3) is 0 Å². The second-order valence-electron chi connectivity index (χ2n) is 5.39. The van der Waals surface area contributed by atoms with Gasteiger partial charge in [0.15, 0.2) is 0 Å². The first kappa shape index (κ1) is 17.1. The summed E-state index contributed by atoms with van der Waals surface area (Å²) in [5.41, 5.74) is 10.7. The van der Waals surface area contributed by atoms with Gasteiger partial charge in [0, 0.05) is 21.5 Å². The molecule has 123 valence electrons. The van der Waals surface area contributed by atoms with E-state index in [4.69, 9.17) is 40.5 Å². The molecule has 0 bridgehead atoms. The highest BCUT2D eigenvalue weighted by atomic mass is 35.5. The van der Waals surface area contributed by atoms with Crippen LogP contribution >= 0.6 is 34.8 Å². The van der Waals surface area contributed by atoms with Gasteiger partial charge in [-0.2, -0.15) is 5.10 Å². The van der Waals surface area contributed by atoms with Crippen molar-refractivity contribution in [2.45, 2.75) is 6.04 Å². The van der Waals surface area contributed by atoms with Crippen molar-refractivity contribution in [1.82, 2.24) is 5.43 Å². The average Bonchev–Trinajstić information content (AvgIpc) is 2.94. The number of carbonyl (C=O) groups excluding carboxylic acids is 1. The molecule has 7 heteroatoms. The standard InChI is InChI=1S/C17H13Cl3N3O/c18-11-4-1-9(2-5-11)16-15(17(21)24)14(22-23-16)7-10-3-6-12(19)8-13(10)20/h1-8,15-16,23H,(H2,21,24). The van der Waals surface area contributed by atoms with Crippen LogP contribution in [-0.4, -0.2) is 11.6 Å². The molecular weight excluding hydrogens is 369 g/mol. The van der Waals surface area contributed by atoms with Crippen molar-refractivity contribution >= 4 is 46.4 Å². The molecule has 1 radical (unpaired) electrons. The molecule has 0 saturated carbocycles. The van der Waals surface area contributed by atoms with E-state index >= 15 is 0 Å². The van der Waals surface area contributed by atoms with Crippen LogP contribution in [0.3, 0.4) is 0 Å². The minimum Gasteiger partial charge on any atom is -0.369 e. The summed E-state index contributed by atoms with van der Waals surface area (Å²) in [6.45, 7) is 0. The highest BCUT2D eigenvalue weighted by Crippen LogP contribution is 2.32. The van der Waals surface area contributed by atoms with Crippen molar-refractivity contribution in [3.05, 3.63) is 75.1 Å². The number of nitrogens with two attached hydrogens (primary N) is 1. The minimum absolute atomic E-state index is 0.350. The molecule has 2 aromatic carbocycles. The smallest absolute Gasteiger partial charge is 0.228 e. The number of rotatable bonds is 4. The maximum atomic E-state index is 12.0. The molecule has 24 heavy (non-hydrogen) atoms. The van der Waals surface area contributed by atoms with Crippen molar-refractivity contribution in [1.29, 1.82) is 0 Å². The summed E-state index contributed by atoms with van der Waals surface area (Å²) < 4.78 is 0. The van der Waals surface area contributed by atoms with E-state index in [1.807, 2.05) is 12.1 Å². The van der Waals surface area contributed by atoms with E-state index in [0.717, 1.165) is 5.56 Å². The number of hydrogen-bond acceptors (Lipinski definition) is 3. The largest absolute Gasteiger partial charge is 0.369 e. The summed E-state index contributed by atoms with van der Waals surface area (Å²) in [7, 11) is 0. The monoisotopic (exact) mass is 380 g/mol. The summed E-state index contributed by atoms with van der Waals surface area (Å²) in [6.07, 6.45) is 1.73. The molecule has 4 nitrogen and oxygen atoms in total. The first-order valence-electron chi connectivity index (χ1n) is 7.13. The van der Waals surface area contributed by atoms with Gasteiger partial charge >= 0.3 is 0 Å². The maximum absolute atomic E-state index is 12.0. The van der Waals surface area contributed by atoms with Crippen LogP contribution in [0.5, 0.6) is 0 Å². The Morgan fingerprint density at radius 3 is 2.38 bits per heavy atom. The third-order valence-electron chi connectivity index (χ3n) is 3.79. The van der Waals surface area contributed by atoms with E-state index in [0.29, 0.717) is 26.3 Å². The van der Waals surface area contributed by atoms with Crippen LogP contribution in [0.1, 0.15) is 17.2 Å². The van der Waals surface area contributed by atoms with Gasteiger partial charge in [0.05, 0.1) is 11.8 Å². The predicted octanol–water partition coefficient (Wildman–Crippen LogP) is 4.00. The third-order valence-corrected chi connectivity index (χ3v) is 4.60. The van der Waals surface area contributed by atoms with Crippen LogP contribution in [0, 0.1) is 12.3 Å².